The van der Waals surface area contributed by atoms with E-state index in [0.29, 0.717) is 16.8 Å². The number of halogens is 3. The highest BCUT2D eigenvalue weighted by atomic mass is 32.1. The molecule has 3 fully saturated rings. The van der Waals surface area contributed by atoms with E-state index >= 15 is 0 Å². The van der Waals surface area contributed by atoms with Gasteiger partial charge in [0.25, 0.3) is 5.91 Å². The molecule has 3 aliphatic rings. The molecule has 160 valence electrons. The van der Waals surface area contributed by atoms with Gasteiger partial charge in [-0.3, -0.25) is 14.5 Å². The minimum Gasteiger partial charge on any atom is -0.347 e. The topological polar surface area (TPSA) is 61.4 Å². The number of hydrogen-bond donors (Lipinski definition) is 2. The second kappa shape index (κ2) is 8.03. The van der Waals surface area contributed by atoms with Gasteiger partial charge in [-0.05, 0) is 62.1 Å². The smallest absolute Gasteiger partial charge is 0.347 e. The van der Waals surface area contributed by atoms with Crippen LogP contribution in [0.4, 0.5) is 18.9 Å². The van der Waals surface area contributed by atoms with Crippen LogP contribution in [0.2, 0.25) is 0 Å². The van der Waals surface area contributed by atoms with Gasteiger partial charge in [-0.2, -0.15) is 13.2 Å². The molecule has 2 aromatic rings. The molecule has 3 saturated heterocycles. The molecular weight excluding hydrogens is 415 g/mol. The zero-order valence-electron chi connectivity index (χ0n) is 16.3. The number of alkyl halides is 3. The van der Waals surface area contributed by atoms with Gasteiger partial charge in [0.15, 0.2) is 0 Å². The number of nitrogens with zero attached hydrogens (tertiary/aromatic N) is 1. The van der Waals surface area contributed by atoms with Gasteiger partial charge in [0.1, 0.15) is 0 Å². The Bertz CT molecular complexity index is 942. The number of benzene rings is 1. The Morgan fingerprint density at radius 3 is 2.47 bits per heavy atom. The lowest BCUT2D eigenvalue weighted by molar-refractivity contribution is -0.167. The van der Waals surface area contributed by atoms with Crippen molar-refractivity contribution >= 4 is 28.8 Å². The fourth-order valence-corrected chi connectivity index (χ4v) is 5.15. The van der Waals surface area contributed by atoms with Gasteiger partial charge in [0.2, 0.25) is 0 Å². The first-order valence-electron chi connectivity index (χ1n) is 9.84. The first-order valence-corrected chi connectivity index (χ1v) is 10.7. The Kier molecular flexibility index (Phi) is 5.59. The van der Waals surface area contributed by atoms with Crippen LogP contribution in [0.15, 0.2) is 36.4 Å². The third kappa shape index (κ3) is 4.37. The van der Waals surface area contributed by atoms with Crippen molar-refractivity contribution in [2.45, 2.75) is 38.0 Å². The van der Waals surface area contributed by atoms with Gasteiger partial charge in [0, 0.05) is 29.2 Å². The number of anilines is 1. The standard InChI is InChI=1S/C21H22F3N3O2S/c1-12-10-14-8-9-27(12)11-16(14)26-19(28)18-7-6-17(30-18)13-2-4-15(5-3-13)25-20(29)21(22,23)24/h2-7,12,14,16H,8-11H2,1H3,(H,25,29)(H,26,28)/t12?,14?,16-/m0/s1. The van der Waals surface area contributed by atoms with Gasteiger partial charge in [-0.25, -0.2) is 0 Å². The average Bonchev–Trinajstić information content (AvgIpc) is 3.19. The summed E-state index contributed by atoms with van der Waals surface area (Å²) in [4.78, 5) is 27.6. The van der Waals surface area contributed by atoms with E-state index in [0.717, 1.165) is 36.4 Å². The monoisotopic (exact) mass is 437 g/mol. The highest BCUT2D eigenvalue weighted by Gasteiger charge is 2.39. The summed E-state index contributed by atoms with van der Waals surface area (Å²) in [6.07, 6.45) is -2.71. The van der Waals surface area contributed by atoms with Crippen molar-refractivity contribution in [3.8, 4) is 10.4 Å². The van der Waals surface area contributed by atoms with Crippen LogP contribution < -0.4 is 10.6 Å². The van der Waals surface area contributed by atoms with Gasteiger partial charge in [-0.15, -0.1) is 11.3 Å². The highest BCUT2D eigenvalue weighted by Crippen LogP contribution is 2.33. The summed E-state index contributed by atoms with van der Waals surface area (Å²) in [5, 5.41) is 4.99. The number of amides is 2. The van der Waals surface area contributed by atoms with E-state index < -0.39 is 12.1 Å². The third-order valence-electron chi connectivity index (χ3n) is 5.89. The molecule has 0 saturated carbocycles. The number of hydrogen-bond acceptors (Lipinski definition) is 4. The van der Waals surface area contributed by atoms with Crippen molar-refractivity contribution in [1.29, 1.82) is 0 Å². The molecule has 0 radical (unpaired) electrons. The van der Waals surface area contributed by atoms with Crippen LogP contribution >= 0.6 is 11.3 Å². The molecule has 5 nitrogen and oxygen atoms in total. The lowest BCUT2D eigenvalue weighted by Crippen LogP contribution is -2.60. The van der Waals surface area contributed by atoms with Crippen molar-refractivity contribution < 1.29 is 22.8 Å². The van der Waals surface area contributed by atoms with E-state index in [1.807, 2.05) is 11.4 Å². The number of thiophene rings is 1. The second-order valence-corrected chi connectivity index (χ2v) is 8.99. The van der Waals surface area contributed by atoms with E-state index in [2.05, 4.69) is 17.1 Å². The van der Waals surface area contributed by atoms with Gasteiger partial charge >= 0.3 is 12.1 Å². The molecule has 30 heavy (non-hydrogen) atoms. The molecule has 5 rings (SSSR count). The Morgan fingerprint density at radius 1 is 1.13 bits per heavy atom. The summed E-state index contributed by atoms with van der Waals surface area (Å²) in [6, 6.07) is 10.4. The van der Waals surface area contributed by atoms with E-state index in [9.17, 15) is 22.8 Å². The fourth-order valence-electron chi connectivity index (χ4n) is 4.23. The summed E-state index contributed by atoms with van der Waals surface area (Å²) < 4.78 is 37.0. The van der Waals surface area contributed by atoms with E-state index in [1.165, 1.54) is 23.5 Å². The zero-order chi connectivity index (χ0) is 21.5. The molecule has 0 spiro atoms. The normalized spacial score (nSPS) is 25.7. The number of rotatable bonds is 4. The molecule has 1 aromatic heterocycles. The second-order valence-electron chi connectivity index (χ2n) is 7.90. The molecule has 2 bridgehead atoms. The summed E-state index contributed by atoms with van der Waals surface area (Å²) in [7, 11) is 0. The quantitative estimate of drug-likeness (QED) is 0.756. The van der Waals surface area contributed by atoms with Gasteiger partial charge in [0.05, 0.1) is 4.88 Å². The Labute approximate surface area is 176 Å². The highest BCUT2D eigenvalue weighted by molar-refractivity contribution is 7.17. The zero-order valence-corrected chi connectivity index (χ0v) is 17.1. The molecular formula is C21H22F3N3O2S. The van der Waals surface area contributed by atoms with Crippen molar-refractivity contribution in [3.63, 3.8) is 0 Å². The Hall–Kier alpha value is -2.39. The maximum atomic E-state index is 12.7. The summed E-state index contributed by atoms with van der Waals surface area (Å²) in [5.74, 6) is -1.58. The number of fused-ring (bicyclic) bond motifs is 3. The number of piperidine rings is 3. The maximum Gasteiger partial charge on any atom is 0.471 e. The minimum absolute atomic E-state index is 0.0622. The summed E-state index contributed by atoms with van der Waals surface area (Å²) in [5.41, 5.74) is 0.827. The lowest BCUT2D eigenvalue weighted by atomic mass is 9.80. The SMILES string of the molecule is CC1CC2CCN1C[C@@H]2NC(=O)c1ccc(-c2ccc(NC(=O)C(F)(F)F)cc2)s1. The van der Waals surface area contributed by atoms with Crippen molar-refractivity contribution in [1.82, 2.24) is 10.2 Å². The molecule has 0 aliphatic carbocycles. The minimum atomic E-state index is -4.93. The third-order valence-corrected chi connectivity index (χ3v) is 7.02. The summed E-state index contributed by atoms with van der Waals surface area (Å²) >= 11 is 1.33. The Balaban J connectivity index is 1.39. The average molecular weight is 437 g/mol. The van der Waals surface area contributed by atoms with Crippen molar-refractivity contribution in [2.24, 2.45) is 5.92 Å². The molecule has 2 N–H and O–H groups in total. The predicted molar refractivity (Wildman–Crippen MR) is 109 cm³/mol. The van der Waals surface area contributed by atoms with Crippen LogP contribution in [0, 0.1) is 5.92 Å². The first kappa shape index (κ1) is 20.9. The molecule has 2 amide bonds. The van der Waals surface area contributed by atoms with Gasteiger partial charge < -0.3 is 10.6 Å². The van der Waals surface area contributed by atoms with Crippen LogP contribution in [-0.2, 0) is 4.79 Å². The molecule has 9 heteroatoms. The molecule has 1 aromatic carbocycles. The maximum absolute atomic E-state index is 12.7. The first-order chi connectivity index (χ1) is 14.2. The van der Waals surface area contributed by atoms with Crippen molar-refractivity contribution in [2.75, 3.05) is 18.4 Å². The van der Waals surface area contributed by atoms with E-state index in [1.54, 1.807) is 18.2 Å². The Morgan fingerprint density at radius 2 is 1.87 bits per heavy atom. The van der Waals surface area contributed by atoms with E-state index in [-0.39, 0.29) is 17.6 Å². The fraction of sp³-hybridized carbons (Fsp3) is 0.429. The molecule has 3 unspecified atom stereocenters. The lowest BCUT2D eigenvalue weighted by Gasteiger charge is -2.48. The van der Waals surface area contributed by atoms with Crippen LogP contribution in [-0.4, -0.2) is 48.1 Å². The van der Waals surface area contributed by atoms with E-state index in [4.69, 9.17) is 0 Å². The van der Waals surface area contributed by atoms with Gasteiger partial charge in [-0.1, -0.05) is 12.1 Å². The molecule has 3 aliphatic heterocycles. The van der Waals surface area contributed by atoms with Crippen LogP contribution in [0.1, 0.15) is 29.4 Å². The van der Waals surface area contributed by atoms with Crippen LogP contribution in [0.5, 0.6) is 0 Å². The van der Waals surface area contributed by atoms with Crippen molar-refractivity contribution in [3.05, 3.63) is 41.3 Å². The molecule has 4 heterocycles. The predicted octanol–water partition coefficient (Wildman–Crippen LogP) is 4.13. The molecule has 4 atom stereocenters. The number of nitrogens with one attached hydrogen (secondary N) is 2. The largest absolute Gasteiger partial charge is 0.471 e. The van der Waals surface area contributed by atoms with Crippen LogP contribution in [0.3, 0.4) is 0 Å². The van der Waals surface area contributed by atoms with Crippen LogP contribution in [0.25, 0.3) is 10.4 Å². The summed E-state index contributed by atoms with van der Waals surface area (Å²) in [6.45, 7) is 4.22. The number of carbonyl (C=O) groups is 2. The number of carbonyl (C=O) groups excluding carboxylic acids is 2.